The molecule has 0 spiro atoms. The molecule has 2 aromatic rings. The van der Waals surface area contributed by atoms with E-state index >= 15 is 0 Å². The second-order valence-electron chi connectivity index (χ2n) is 6.32. The van der Waals surface area contributed by atoms with Crippen molar-refractivity contribution in [1.82, 2.24) is 9.88 Å². The Balaban J connectivity index is 1.44. The predicted molar refractivity (Wildman–Crippen MR) is 93.8 cm³/mol. The van der Waals surface area contributed by atoms with Gasteiger partial charge in [0.1, 0.15) is 5.75 Å². The van der Waals surface area contributed by atoms with Gasteiger partial charge in [-0.05, 0) is 48.9 Å². The van der Waals surface area contributed by atoms with Crippen LogP contribution in [0.4, 0.5) is 0 Å². The van der Waals surface area contributed by atoms with Crippen molar-refractivity contribution in [2.75, 3.05) is 19.7 Å². The monoisotopic (exact) mass is 324 g/mol. The van der Waals surface area contributed by atoms with E-state index in [4.69, 9.17) is 4.74 Å². The zero-order chi connectivity index (χ0) is 16.6. The number of likely N-dealkylation sites (tertiary alicyclic amines) is 1. The van der Waals surface area contributed by atoms with Crippen molar-refractivity contribution < 1.29 is 9.53 Å². The lowest BCUT2D eigenvalue weighted by molar-refractivity contribution is -0.133. The van der Waals surface area contributed by atoms with Gasteiger partial charge in [0.05, 0.1) is 13.0 Å². The standard InChI is InChI=1S/C20H24N2O2/c23-20(10-13-24-19-8-2-1-3-9-19)22-12-5-7-18(16-22)14-17-6-4-11-21-15-17/h1-4,6,8-9,11,15,18H,5,7,10,12-14,16H2/t18-/m0/s1. The van der Waals surface area contributed by atoms with Crippen LogP contribution in [0.2, 0.25) is 0 Å². The molecule has 0 radical (unpaired) electrons. The fraction of sp³-hybridized carbons (Fsp3) is 0.400. The molecule has 4 nitrogen and oxygen atoms in total. The Morgan fingerprint density at radius 3 is 2.88 bits per heavy atom. The third-order valence-electron chi connectivity index (χ3n) is 4.45. The quantitative estimate of drug-likeness (QED) is 0.818. The van der Waals surface area contributed by atoms with Crippen LogP contribution in [-0.2, 0) is 11.2 Å². The summed E-state index contributed by atoms with van der Waals surface area (Å²) in [6.45, 7) is 2.15. The lowest BCUT2D eigenvalue weighted by Crippen LogP contribution is -2.41. The Morgan fingerprint density at radius 2 is 2.08 bits per heavy atom. The summed E-state index contributed by atoms with van der Waals surface area (Å²) in [5.41, 5.74) is 1.25. The minimum Gasteiger partial charge on any atom is -0.493 e. The van der Waals surface area contributed by atoms with Crippen molar-refractivity contribution in [3.8, 4) is 5.75 Å². The second kappa shape index (κ2) is 8.48. The molecule has 1 saturated heterocycles. The smallest absolute Gasteiger partial charge is 0.226 e. The van der Waals surface area contributed by atoms with Gasteiger partial charge in [-0.3, -0.25) is 9.78 Å². The van der Waals surface area contributed by atoms with Crippen molar-refractivity contribution in [2.45, 2.75) is 25.7 Å². The summed E-state index contributed by atoms with van der Waals surface area (Å²) in [6, 6.07) is 13.7. The number of rotatable bonds is 6. The summed E-state index contributed by atoms with van der Waals surface area (Å²) in [5.74, 6) is 1.54. The van der Waals surface area contributed by atoms with Crippen molar-refractivity contribution >= 4 is 5.91 Å². The molecule has 1 aromatic heterocycles. The molecular formula is C20H24N2O2. The molecule has 0 N–H and O–H groups in total. The first-order valence-electron chi connectivity index (χ1n) is 8.66. The molecule has 1 aromatic carbocycles. The highest BCUT2D eigenvalue weighted by molar-refractivity contribution is 5.76. The summed E-state index contributed by atoms with van der Waals surface area (Å²) in [5, 5.41) is 0. The highest BCUT2D eigenvalue weighted by Gasteiger charge is 2.23. The average Bonchev–Trinajstić information content (AvgIpc) is 2.64. The van der Waals surface area contributed by atoms with E-state index < -0.39 is 0 Å². The lowest BCUT2D eigenvalue weighted by Gasteiger charge is -2.33. The van der Waals surface area contributed by atoms with Crippen LogP contribution < -0.4 is 4.74 Å². The minimum atomic E-state index is 0.196. The second-order valence-corrected chi connectivity index (χ2v) is 6.32. The first-order valence-corrected chi connectivity index (χ1v) is 8.66. The molecule has 1 amide bonds. The molecule has 24 heavy (non-hydrogen) atoms. The molecule has 0 unspecified atom stereocenters. The number of pyridine rings is 1. The fourth-order valence-electron chi connectivity index (χ4n) is 3.24. The molecule has 0 saturated carbocycles. The number of ether oxygens (including phenoxy) is 1. The lowest BCUT2D eigenvalue weighted by atomic mass is 9.92. The number of hydrogen-bond donors (Lipinski definition) is 0. The topological polar surface area (TPSA) is 42.4 Å². The van der Waals surface area contributed by atoms with Crippen LogP contribution in [0, 0.1) is 5.92 Å². The number of aromatic nitrogens is 1. The molecule has 3 rings (SSSR count). The number of para-hydroxylation sites is 1. The summed E-state index contributed by atoms with van der Waals surface area (Å²) < 4.78 is 5.63. The fourth-order valence-corrected chi connectivity index (χ4v) is 3.24. The van der Waals surface area contributed by atoms with E-state index in [-0.39, 0.29) is 5.91 Å². The van der Waals surface area contributed by atoms with Gasteiger partial charge in [-0.2, -0.15) is 0 Å². The number of piperidine rings is 1. The molecule has 4 heteroatoms. The van der Waals surface area contributed by atoms with Crippen LogP contribution in [0.15, 0.2) is 54.9 Å². The van der Waals surface area contributed by atoms with Crippen molar-refractivity contribution in [2.24, 2.45) is 5.92 Å². The van der Waals surface area contributed by atoms with E-state index in [2.05, 4.69) is 11.1 Å². The molecule has 1 aliphatic heterocycles. The van der Waals surface area contributed by atoms with Crippen LogP contribution in [0.3, 0.4) is 0 Å². The van der Waals surface area contributed by atoms with Crippen LogP contribution in [0.1, 0.15) is 24.8 Å². The molecule has 1 aliphatic rings. The van der Waals surface area contributed by atoms with E-state index in [0.29, 0.717) is 18.9 Å². The van der Waals surface area contributed by atoms with Gasteiger partial charge in [0, 0.05) is 25.5 Å². The van der Waals surface area contributed by atoms with Crippen LogP contribution >= 0.6 is 0 Å². The number of nitrogens with zero attached hydrogens (tertiary/aromatic N) is 2. The maximum atomic E-state index is 12.4. The maximum Gasteiger partial charge on any atom is 0.226 e. The first-order chi connectivity index (χ1) is 11.8. The largest absolute Gasteiger partial charge is 0.493 e. The molecule has 126 valence electrons. The van der Waals surface area contributed by atoms with Crippen LogP contribution in [0.5, 0.6) is 5.75 Å². The van der Waals surface area contributed by atoms with Gasteiger partial charge >= 0.3 is 0 Å². The zero-order valence-corrected chi connectivity index (χ0v) is 13.9. The normalized spacial score (nSPS) is 17.5. The van der Waals surface area contributed by atoms with Gasteiger partial charge < -0.3 is 9.64 Å². The molecule has 0 aliphatic carbocycles. The van der Waals surface area contributed by atoms with E-state index in [1.807, 2.05) is 47.5 Å². The highest BCUT2D eigenvalue weighted by atomic mass is 16.5. The van der Waals surface area contributed by atoms with E-state index in [1.54, 1.807) is 6.20 Å². The average molecular weight is 324 g/mol. The maximum absolute atomic E-state index is 12.4. The Hall–Kier alpha value is -2.36. The van der Waals surface area contributed by atoms with E-state index in [1.165, 1.54) is 12.0 Å². The number of hydrogen-bond acceptors (Lipinski definition) is 3. The highest BCUT2D eigenvalue weighted by Crippen LogP contribution is 2.21. The van der Waals surface area contributed by atoms with Crippen molar-refractivity contribution in [3.63, 3.8) is 0 Å². The zero-order valence-electron chi connectivity index (χ0n) is 13.9. The SMILES string of the molecule is O=C(CCOc1ccccc1)N1CCC[C@@H](Cc2cccnc2)C1. The summed E-state index contributed by atoms with van der Waals surface area (Å²) in [4.78, 5) is 18.6. The van der Waals surface area contributed by atoms with Crippen molar-refractivity contribution in [1.29, 1.82) is 0 Å². The van der Waals surface area contributed by atoms with Gasteiger partial charge in [0.2, 0.25) is 5.91 Å². The molecule has 1 fully saturated rings. The number of carbonyl (C=O) groups is 1. The third kappa shape index (κ3) is 4.82. The van der Waals surface area contributed by atoms with Gasteiger partial charge in [0.25, 0.3) is 0 Å². The molecule has 2 heterocycles. The Kier molecular flexibility index (Phi) is 5.83. The Labute approximate surface area is 143 Å². The van der Waals surface area contributed by atoms with Gasteiger partial charge in [-0.15, -0.1) is 0 Å². The first kappa shape index (κ1) is 16.5. The number of amides is 1. The molecule has 1 atom stereocenters. The minimum absolute atomic E-state index is 0.196. The van der Waals surface area contributed by atoms with Gasteiger partial charge in [-0.1, -0.05) is 24.3 Å². The molecular weight excluding hydrogens is 300 g/mol. The molecule has 0 bridgehead atoms. The summed E-state index contributed by atoms with van der Waals surface area (Å²) >= 11 is 0. The summed E-state index contributed by atoms with van der Waals surface area (Å²) in [7, 11) is 0. The van der Waals surface area contributed by atoms with Crippen molar-refractivity contribution in [3.05, 3.63) is 60.4 Å². The van der Waals surface area contributed by atoms with E-state index in [9.17, 15) is 4.79 Å². The predicted octanol–water partition coefficient (Wildman–Crippen LogP) is 3.33. The Bertz CT molecular complexity index is 631. The number of carbonyl (C=O) groups excluding carboxylic acids is 1. The third-order valence-corrected chi connectivity index (χ3v) is 4.45. The van der Waals surface area contributed by atoms with Gasteiger partial charge in [0.15, 0.2) is 0 Å². The van der Waals surface area contributed by atoms with Gasteiger partial charge in [-0.25, -0.2) is 0 Å². The van der Waals surface area contributed by atoms with Crippen LogP contribution in [-0.4, -0.2) is 35.5 Å². The van der Waals surface area contributed by atoms with Crippen LogP contribution in [0.25, 0.3) is 0 Å². The summed E-state index contributed by atoms with van der Waals surface area (Å²) in [6.07, 6.45) is 7.42. The Morgan fingerprint density at radius 1 is 1.21 bits per heavy atom. The van der Waals surface area contributed by atoms with E-state index in [0.717, 1.165) is 31.7 Å². The number of benzene rings is 1.